The number of carbonyl (C=O) groups is 4. The number of benzene rings is 1. The van der Waals surface area contributed by atoms with Gasteiger partial charge in [0.25, 0.3) is 0 Å². The number of likely N-dealkylation sites (tertiary alicyclic amines) is 1. The highest BCUT2D eigenvalue weighted by Crippen LogP contribution is 2.60. The van der Waals surface area contributed by atoms with Crippen LogP contribution in [0.15, 0.2) is 55.6 Å². The lowest BCUT2D eigenvalue weighted by Gasteiger charge is -2.42. The normalized spacial score (nSPS) is 27.5. The van der Waals surface area contributed by atoms with Gasteiger partial charge < -0.3 is 29.7 Å². The molecule has 1 unspecified atom stereocenters. The van der Waals surface area contributed by atoms with Crippen LogP contribution in [-0.4, -0.2) is 93.0 Å². The van der Waals surface area contributed by atoms with Gasteiger partial charge in [-0.25, -0.2) is 0 Å². The van der Waals surface area contributed by atoms with Crippen LogP contribution in [0.3, 0.4) is 0 Å². The number of aliphatic hydroxyl groups excluding tert-OH is 1. The Hall–Kier alpha value is -3.02. The van der Waals surface area contributed by atoms with E-state index in [1.165, 1.54) is 0 Å². The van der Waals surface area contributed by atoms with Crippen LogP contribution in [-0.2, 0) is 28.7 Å². The molecular formula is C34H46BrN3O7. The number of carbonyl (C=O) groups excluding carboxylic acids is 4. The third-order valence-corrected chi connectivity index (χ3v) is 9.82. The maximum absolute atomic E-state index is 14.4. The molecule has 1 aromatic rings. The fourth-order valence-electron chi connectivity index (χ4n) is 6.93. The van der Waals surface area contributed by atoms with E-state index in [0.29, 0.717) is 31.2 Å². The minimum atomic E-state index is -1.23. The molecule has 4 rings (SSSR count). The molecular weight excluding hydrogens is 642 g/mol. The molecule has 0 aromatic heterocycles. The van der Waals surface area contributed by atoms with Gasteiger partial charge in [-0.05, 0) is 52.0 Å². The first-order chi connectivity index (χ1) is 21.4. The minimum Gasteiger partial charge on any atom is -0.455 e. The van der Waals surface area contributed by atoms with Crippen molar-refractivity contribution in [1.82, 2.24) is 15.1 Å². The molecule has 7 atom stereocenters. The van der Waals surface area contributed by atoms with E-state index in [9.17, 15) is 24.3 Å². The highest BCUT2D eigenvalue weighted by Gasteiger charge is 2.77. The number of fused-ring (bicyclic) bond motifs is 1. The summed E-state index contributed by atoms with van der Waals surface area (Å²) in [7, 11) is 0. The van der Waals surface area contributed by atoms with Crippen LogP contribution in [0.2, 0.25) is 0 Å². The van der Waals surface area contributed by atoms with E-state index in [0.717, 1.165) is 0 Å². The average molecular weight is 689 g/mol. The second-order valence-electron chi connectivity index (χ2n) is 13.0. The number of rotatable bonds is 15. The number of hydrogen-bond acceptors (Lipinski definition) is 7. The Morgan fingerprint density at radius 2 is 1.93 bits per heavy atom. The summed E-state index contributed by atoms with van der Waals surface area (Å²) in [5.41, 5.74) is -1.10. The van der Waals surface area contributed by atoms with Gasteiger partial charge >= 0.3 is 5.97 Å². The van der Waals surface area contributed by atoms with Gasteiger partial charge in [0, 0.05) is 36.5 Å². The monoisotopic (exact) mass is 687 g/mol. The standard InChI is InChI=1S/C34H46BrN3O7/c1-6-8-16-25(40)36-21-24(22-14-10-9-11-15-22)44-32(43)26-27-30(41)37(18-12-13-19-39)29(34(27)20-23(35)28(26)45-34)31(42)38(17-7-2)33(3,4)5/h6-7,9-11,14-15,23-24,26-29,39H,1-2,8,12-13,16-21H2,3-5H3,(H,36,40)/t23?,24-,26+,27-,28+,29+,34-/m1/s1. The molecule has 3 fully saturated rings. The molecule has 0 radical (unpaired) electrons. The lowest BCUT2D eigenvalue weighted by atomic mass is 9.70. The number of halogens is 1. The van der Waals surface area contributed by atoms with Crippen molar-refractivity contribution in [3.05, 3.63) is 61.2 Å². The van der Waals surface area contributed by atoms with E-state index in [-0.39, 0.29) is 55.2 Å². The van der Waals surface area contributed by atoms with Gasteiger partial charge in [0.1, 0.15) is 17.7 Å². The summed E-state index contributed by atoms with van der Waals surface area (Å²) in [5.74, 6) is -3.27. The van der Waals surface area contributed by atoms with Crippen molar-refractivity contribution in [1.29, 1.82) is 0 Å². The lowest BCUT2D eigenvalue weighted by molar-refractivity contribution is -0.160. The van der Waals surface area contributed by atoms with Crippen LogP contribution in [0.25, 0.3) is 0 Å². The van der Waals surface area contributed by atoms with E-state index >= 15 is 0 Å². The molecule has 2 N–H and O–H groups in total. The van der Waals surface area contributed by atoms with Gasteiger partial charge in [-0.2, -0.15) is 0 Å². The van der Waals surface area contributed by atoms with Crippen molar-refractivity contribution in [2.75, 3.05) is 26.2 Å². The van der Waals surface area contributed by atoms with Crippen molar-refractivity contribution >= 4 is 39.6 Å². The van der Waals surface area contributed by atoms with Crippen LogP contribution in [0, 0.1) is 11.8 Å². The Morgan fingerprint density at radius 1 is 1.22 bits per heavy atom. The first-order valence-corrected chi connectivity index (χ1v) is 16.6. The van der Waals surface area contributed by atoms with Crippen LogP contribution in [0.5, 0.6) is 0 Å². The highest BCUT2D eigenvalue weighted by molar-refractivity contribution is 9.09. The SMILES string of the molecule is C=CCCC(=O)NC[C@@H](OC(=O)[C@@H]1[C@H]2O[C@@]3(CC2Br)[C@H](C(=O)N(CC=C)C(C)(C)C)N(CCCCO)C(=O)[C@@H]13)c1ccccc1. The molecule has 3 amide bonds. The van der Waals surface area contributed by atoms with Gasteiger partial charge in [0.05, 0.1) is 24.5 Å². The number of unbranched alkanes of at least 4 members (excludes halogenated alkanes) is 1. The summed E-state index contributed by atoms with van der Waals surface area (Å²) >= 11 is 3.71. The second-order valence-corrected chi connectivity index (χ2v) is 14.2. The third-order valence-electron chi connectivity index (χ3n) is 8.98. The molecule has 3 aliphatic heterocycles. The number of esters is 1. The highest BCUT2D eigenvalue weighted by atomic mass is 79.9. The van der Waals surface area contributed by atoms with Crippen molar-refractivity contribution in [3.8, 4) is 0 Å². The Kier molecular flexibility index (Phi) is 11.3. The van der Waals surface area contributed by atoms with Gasteiger partial charge in [0.15, 0.2) is 0 Å². The molecule has 0 aliphatic carbocycles. The van der Waals surface area contributed by atoms with Gasteiger partial charge in [-0.15, -0.1) is 13.2 Å². The number of hydrogen-bond donors (Lipinski definition) is 2. The van der Waals surface area contributed by atoms with Gasteiger partial charge in [0.2, 0.25) is 17.7 Å². The zero-order chi connectivity index (χ0) is 32.9. The predicted molar refractivity (Wildman–Crippen MR) is 173 cm³/mol. The number of alkyl halides is 1. The van der Waals surface area contributed by atoms with Crippen LogP contribution in [0.1, 0.15) is 64.5 Å². The van der Waals surface area contributed by atoms with E-state index in [2.05, 4.69) is 34.4 Å². The Labute approximate surface area is 274 Å². The number of amides is 3. The maximum atomic E-state index is 14.4. The topological polar surface area (TPSA) is 125 Å². The fourth-order valence-corrected chi connectivity index (χ4v) is 7.87. The van der Waals surface area contributed by atoms with Crippen LogP contribution in [0.4, 0.5) is 0 Å². The minimum absolute atomic E-state index is 0.0399. The molecule has 3 saturated heterocycles. The van der Waals surface area contributed by atoms with Crippen LogP contribution >= 0.6 is 15.9 Å². The lowest BCUT2D eigenvalue weighted by Crippen LogP contribution is -2.60. The average Bonchev–Trinajstić information content (AvgIpc) is 3.59. The van der Waals surface area contributed by atoms with Gasteiger partial charge in [-0.1, -0.05) is 58.4 Å². The summed E-state index contributed by atoms with van der Waals surface area (Å²) < 4.78 is 12.7. The zero-order valence-electron chi connectivity index (χ0n) is 26.5. The Balaban J connectivity index is 1.67. The molecule has 10 nitrogen and oxygen atoms in total. The summed E-state index contributed by atoms with van der Waals surface area (Å²) in [6.07, 6.45) is 3.96. The summed E-state index contributed by atoms with van der Waals surface area (Å²) in [6, 6.07) is 8.18. The number of nitrogens with zero attached hydrogens (tertiary/aromatic N) is 2. The van der Waals surface area contributed by atoms with E-state index < -0.39 is 47.2 Å². The van der Waals surface area contributed by atoms with Crippen molar-refractivity contribution in [3.63, 3.8) is 0 Å². The summed E-state index contributed by atoms with van der Waals surface area (Å²) in [6.45, 7) is 13.8. The Bertz CT molecular complexity index is 1270. The molecule has 1 aromatic carbocycles. The fraction of sp³-hybridized carbons (Fsp3) is 0.588. The maximum Gasteiger partial charge on any atom is 0.313 e. The molecule has 11 heteroatoms. The largest absolute Gasteiger partial charge is 0.455 e. The molecule has 3 heterocycles. The molecule has 2 bridgehead atoms. The zero-order valence-corrected chi connectivity index (χ0v) is 28.0. The molecule has 0 saturated carbocycles. The molecule has 45 heavy (non-hydrogen) atoms. The molecule has 246 valence electrons. The number of aliphatic hydroxyl groups is 1. The molecule has 3 aliphatic rings. The number of ether oxygens (including phenoxy) is 2. The molecule has 1 spiro atoms. The Morgan fingerprint density at radius 3 is 2.56 bits per heavy atom. The van der Waals surface area contributed by atoms with E-state index in [1.54, 1.807) is 22.0 Å². The van der Waals surface area contributed by atoms with Crippen LogP contribution < -0.4 is 5.32 Å². The van der Waals surface area contributed by atoms with E-state index in [4.69, 9.17) is 9.47 Å². The second kappa shape index (κ2) is 14.6. The smallest absolute Gasteiger partial charge is 0.313 e. The number of allylic oxidation sites excluding steroid dienone is 1. The number of nitrogens with one attached hydrogen (secondary N) is 1. The van der Waals surface area contributed by atoms with Crippen molar-refractivity contribution < 1.29 is 33.8 Å². The first-order valence-electron chi connectivity index (χ1n) is 15.7. The first kappa shape index (κ1) is 34.8. The summed E-state index contributed by atoms with van der Waals surface area (Å²) in [4.78, 5) is 58.3. The van der Waals surface area contributed by atoms with E-state index in [1.807, 2.05) is 51.1 Å². The predicted octanol–water partition coefficient (Wildman–Crippen LogP) is 3.69. The van der Waals surface area contributed by atoms with Crippen molar-refractivity contribution in [2.24, 2.45) is 11.8 Å². The van der Waals surface area contributed by atoms with Gasteiger partial charge in [-0.3, -0.25) is 19.2 Å². The quantitative estimate of drug-likeness (QED) is 0.125. The third kappa shape index (κ3) is 7.05. The summed E-state index contributed by atoms with van der Waals surface area (Å²) in [5, 5.41) is 12.3. The van der Waals surface area contributed by atoms with Crippen molar-refractivity contribution in [2.45, 2.75) is 87.1 Å².